The van der Waals surface area contributed by atoms with Crippen LogP contribution in [0.3, 0.4) is 0 Å². The van der Waals surface area contributed by atoms with E-state index in [-0.39, 0.29) is 21.1 Å². The van der Waals surface area contributed by atoms with Gasteiger partial charge in [-0.1, -0.05) is 24.6 Å². The van der Waals surface area contributed by atoms with Gasteiger partial charge in [0.15, 0.2) is 0 Å². The number of aryl methyl sites for hydroxylation is 2. The molecule has 0 aliphatic carbocycles. The summed E-state index contributed by atoms with van der Waals surface area (Å²) in [7, 11) is 0. The van der Waals surface area contributed by atoms with Crippen molar-refractivity contribution >= 4 is 11.4 Å². The zero-order valence-electron chi connectivity index (χ0n) is 11.5. The van der Waals surface area contributed by atoms with Crippen molar-refractivity contribution in [3.05, 3.63) is 78.7 Å². The summed E-state index contributed by atoms with van der Waals surface area (Å²) in [6.45, 7) is 6.23. The third kappa shape index (κ3) is 3.13. The molecule has 0 atom stereocenters. The summed E-state index contributed by atoms with van der Waals surface area (Å²) in [5.74, 6) is 0. The summed E-state index contributed by atoms with van der Waals surface area (Å²) in [5, 5.41) is 0. The van der Waals surface area contributed by atoms with E-state index in [1.807, 2.05) is 12.3 Å². The first-order chi connectivity index (χ1) is 9.22. The van der Waals surface area contributed by atoms with Crippen molar-refractivity contribution in [3.8, 4) is 0 Å². The summed E-state index contributed by atoms with van der Waals surface area (Å²) in [4.78, 5) is 4.17. The van der Waals surface area contributed by atoms with Gasteiger partial charge in [0.05, 0.1) is 0 Å². The smallest absolute Gasteiger partial charge is 0.500 e. The number of hydrogen-bond acceptors (Lipinski definition) is 2. The van der Waals surface area contributed by atoms with Crippen LogP contribution in [0.2, 0.25) is 0 Å². The molecule has 2 nitrogen and oxygen atoms in total. The second-order valence-electron chi connectivity index (χ2n) is 4.81. The maximum absolute atomic E-state index is 3.28. The Morgan fingerprint density at radius 2 is 1.50 bits per heavy atom. The first-order valence-corrected chi connectivity index (χ1v) is 6.37. The van der Waals surface area contributed by atoms with Crippen LogP contribution in [-0.4, -0.2) is 0 Å². The first-order valence-electron chi connectivity index (χ1n) is 6.37. The molecule has 0 aromatic heterocycles. The Bertz CT molecular complexity index is 534. The molecule has 0 N–H and O–H groups in total. The van der Waals surface area contributed by atoms with E-state index in [0.717, 1.165) is 11.4 Å². The maximum atomic E-state index is 3.28. The van der Waals surface area contributed by atoms with Crippen molar-refractivity contribution in [2.45, 2.75) is 13.8 Å². The zero-order chi connectivity index (χ0) is 13.2. The van der Waals surface area contributed by atoms with Crippen LogP contribution >= 0.6 is 0 Å². The number of hydrogen-bond donors (Lipinski definition) is 0. The van der Waals surface area contributed by atoms with Gasteiger partial charge in [-0.05, 0) is 31.5 Å². The zero-order valence-corrected chi connectivity index (χ0v) is 13.8. The van der Waals surface area contributed by atoms with Crippen molar-refractivity contribution in [3.63, 3.8) is 0 Å². The standard InChI is InChI=1S/C17H16N2.Pt/c1-14-3-7-16(8-4-14)18-11-12-19(13-18)17-9-5-15(2)6-10-17;/h3-9,11-13H,1-2H3;/q-2;+2. The molecule has 1 heterocycles. The Hall–Kier alpha value is -1.53. The summed E-state index contributed by atoms with van der Waals surface area (Å²) < 4.78 is 0. The average molecular weight is 443 g/mol. The van der Waals surface area contributed by atoms with E-state index in [1.165, 1.54) is 11.1 Å². The molecule has 0 fully saturated rings. The molecule has 0 bridgehead atoms. The summed E-state index contributed by atoms with van der Waals surface area (Å²) >= 11 is 0. The minimum atomic E-state index is 0. The van der Waals surface area contributed by atoms with Gasteiger partial charge in [0.25, 0.3) is 0 Å². The predicted molar refractivity (Wildman–Crippen MR) is 79.6 cm³/mol. The monoisotopic (exact) mass is 443 g/mol. The van der Waals surface area contributed by atoms with Gasteiger partial charge in [-0.15, -0.1) is 18.4 Å². The number of benzene rings is 2. The fourth-order valence-corrected chi connectivity index (χ4v) is 2.02. The fraction of sp³-hybridized carbons (Fsp3) is 0.118. The quantitative estimate of drug-likeness (QED) is 0.648. The van der Waals surface area contributed by atoms with Crippen LogP contribution in [0.4, 0.5) is 11.4 Å². The molecule has 0 saturated heterocycles. The fourth-order valence-electron chi connectivity index (χ4n) is 2.02. The van der Waals surface area contributed by atoms with Gasteiger partial charge in [0.1, 0.15) is 0 Å². The third-order valence-electron chi connectivity index (χ3n) is 3.20. The second-order valence-corrected chi connectivity index (χ2v) is 4.81. The molecule has 0 spiro atoms. The second kappa shape index (κ2) is 6.28. The Labute approximate surface area is 135 Å². The third-order valence-corrected chi connectivity index (χ3v) is 3.20. The van der Waals surface area contributed by atoms with Gasteiger partial charge in [0, 0.05) is 5.69 Å². The maximum Gasteiger partial charge on any atom is 2.00 e. The van der Waals surface area contributed by atoms with E-state index < -0.39 is 0 Å². The van der Waals surface area contributed by atoms with E-state index in [2.05, 4.69) is 79.0 Å². The molecule has 1 aliphatic heterocycles. The van der Waals surface area contributed by atoms with E-state index in [9.17, 15) is 0 Å². The van der Waals surface area contributed by atoms with Crippen LogP contribution in [0.15, 0.2) is 54.9 Å². The van der Waals surface area contributed by atoms with Crippen LogP contribution in [0.5, 0.6) is 0 Å². The van der Waals surface area contributed by atoms with Crippen molar-refractivity contribution in [2.75, 3.05) is 9.80 Å². The minimum Gasteiger partial charge on any atom is -0.500 e. The SMILES string of the molecule is Cc1c[c-]c(N2C=CN(c3ccc(C)cc3)[CH-]2)cc1.[Pt+2]. The van der Waals surface area contributed by atoms with E-state index in [4.69, 9.17) is 0 Å². The normalized spacial score (nSPS) is 13.5. The van der Waals surface area contributed by atoms with E-state index >= 15 is 0 Å². The van der Waals surface area contributed by atoms with Crippen LogP contribution in [-0.2, 0) is 21.1 Å². The van der Waals surface area contributed by atoms with Gasteiger partial charge < -0.3 is 9.80 Å². The van der Waals surface area contributed by atoms with E-state index in [1.54, 1.807) is 0 Å². The summed E-state index contributed by atoms with van der Waals surface area (Å²) in [6, 6.07) is 18.0. The largest absolute Gasteiger partial charge is 2.00 e. The Balaban J connectivity index is 0.00000147. The molecule has 3 heteroatoms. The van der Waals surface area contributed by atoms with Gasteiger partial charge in [-0.25, -0.2) is 0 Å². The van der Waals surface area contributed by atoms with Gasteiger partial charge in [0.2, 0.25) is 0 Å². The molecule has 0 saturated carbocycles. The molecule has 2 aromatic rings. The molecule has 0 amide bonds. The van der Waals surface area contributed by atoms with Crippen LogP contribution < -0.4 is 9.80 Å². The molecule has 0 radical (unpaired) electrons. The molecular formula is C17H16N2Pt. The first kappa shape index (κ1) is 14.9. The molecular weight excluding hydrogens is 427 g/mol. The predicted octanol–water partition coefficient (Wildman–Crippen LogP) is 4.02. The van der Waals surface area contributed by atoms with Crippen LogP contribution in [0, 0.1) is 26.6 Å². The molecule has 0 unspecified atom stereocenters. The summed E-state index contributed by atoms with van der Waals surface area (Å²) in [6.07, 6.45) is 4.10. The Morgan fingerprint density at radius 1 is 0.850 bits per heavy atom. The number of anilines is 2. The van der Waals surface area contributed by atoms with E-state index in [0.29, 0.717) is 0 Å². The number of nitrogens with zero attached hydrogens (tertiary/aromatic N) is 2. The molecule has 20 heavy (non-hydrogen) atoms. The minimum absolute atomic E-state index is 0. The Morgan fingerprint density at radius 3 is 2.15 bits per heavy atom. The topological polar surface area (TPSA) is 6.48 Å². The van der Waals surface area contributed by atoms with Crippen molar-refractivity contribution in [1.82, 2.24) is 0 Å². The average Bonchev–Trinajstić information content (AvgIpc) is 2.90. The van der Waals surface area contributed by atoms with Crippen molar-refractivity contribution < 1.29 is 21.1 Å². The van der Waals surface area contributed by atoms with Crippen LogP contribution in [0.1, 0.15) is 11.1 Å². The number of rotatable bonds is 2. The molecule has 3 rings (SSSR count). The molecule has 104 valence electrons. The molecule has 1 aliphatic rings. The van der Waals surface area contributed by atoms with Gasteiger partial charge >= 0.3 is 21.1 Å². The van der Waals surface area contributed by atoms with Crippen molar-refractivity contribution in [1.29, 1.82) is 0 Å². The van der Waals surface area contributed by atoms with Crippen LogP contribution in [0.25, 0.3) is 0 Å². The summed E-state index contributed by atoms with van der Waals surface area (Å²) in [5.41, 5.74) is 4.71. The Kier molecular flexibility index (Phi) is 4.67. The van der Waals surface area contributed by atoms with Crippen molar-refractivity contribution in [2.24, 2.45) is 0 Å². The van der Waals surface area contributed by atoms with Gasteiger partial charge in [-0.2, -0.15) is 23.8 Å². The van der Waals surface area contributed by atoms with Gasteiger partial charge in [-0.3, -0.25) is 0 Å². The molecule has 2 aromatic carbocycles.